The van der Waals surface area contributed by atoms with Gasteiger partial charge in [0.2, 0.25) is 17.7 Å². The van der Waals surface area contributed by atoms with Crippen molar-refractivity contribution in [2.45, 2.75) is 12.6 Å². The lowest BCUT2D eigenvalue weighted by atomic mass is 9.96. The highest BCUT2D eigenvalue weighted by molar-refractivity contribution is 6.37. The van der Waals surface area contributed by atoms with E-state index in [1.165, 1.54) is 5.01 Å². The second kappa shape index (κ2) is 7.15. The van der Waals surface area contributed by atoms with Crippen molar-refractivity contribution < 1.29 is 9.53 Å². The molecule has 0 saturated heterocycles. The average Bonchev–Trinajstić information content (AvgIpc) is 3.29. The number of amidine groups is 1. The molecule has 31 heavy (non-hydrogen) atoms. The maximum atomic E-state index is 12.8. The van der Waals surface area contributed by atoms with Crippen molar-refractivity contribution in [3.8, 4) is 17.3 Å². The van der Waals surface area contributed by atoms with E-state index in [1.807, 2.05) is 60.7 Å². The number of hydrogen-bond donors (Lipinski definition) is 0. The summed E-state index contributed by atoms with van der Waals surface area (Å²) in [7, 11) is 0. The number of hydrogen-bond acceptors (Lipinski definition) is 6. The van der Waals surface area contributed by atoms with Crippen LogP contribution in [0.1, 0.15) is 18.1 Å². The number of nitrogens with zero attached hydrogens (tertiary/aromatic N) is 4. The molecule has 3 aromatic carbocycles. The Labute approximate surface area is 184 Å². The minimum Gasteiger partial charge on any atom is -0.460 e. The van der Waals surface area contributed by atoms with Crippen LogP contribution in [0.2, 0.25) is 5.02 Å². The Hall–Kier alpha value is -3.82. The number of carbonyl (C=O) groups is 1. The van der Waals surface area contributed by atoms with Crippen molar-refractivity contribution in [1.29, 1.82) is 5.26 Å². The minimum absolute atomic E-state index is 0.0641. The summed E-state index contributed by atoms with van der Waals surface area (Å²) in [5.74, 6) is -0.715. The monoisotopic (exact) mass is 428 g/mol. The summed E-state index contributed by atoms with van der Waals surface area (Å²) in [6.45, 7) is 1.90. The fraction of sp³-hybridized carbons (Fsp3) is 0.125. The molecule has 6 nitrogen and oxygen atoms in total. The van der Waals surface area contributed by atoms with Crippen molar-refractivity contribution in [2.75, 3.05) is 11.6 Å². The molecule has 0 amide bonds. The predicted octanol–water partition coefficient (Wildman–Crippen LogP) is 4.70. The Balaban J connectivity index is 1.85. The van der Waals surface area contributed by atoms with E-state index in [1.54, 1.807) is 24.1 Å². The fourth-order valence-corrected chi connectivity index (χ4v) is 4.46. The molecule has 1 heterocycles. The number of fused-ring (bicyclic) bond motifs is 5. The Bertz CT molecular complexity index is 1220. The highest BCUT2D eigenvalue weighted by Crippen LogP contribution is 2.55. The standard InChI is InChI=1S/C24H17ClN4O2/c1-2-31-23(30)22-27-24(29(28(22)15-26)17-13-11-16(25)12-14-17)20-9-5-3-7-18(20)19-8-4-6-10-21(19)24/h3-14H,2H2,1H3. The van der Waals surface area contributed by atoms with Crippen LogP contribution < -0.4 is 5.01 Å². The Kier molecular flexibility index (Phi) is 4.42. The zero-order chi connectivity index (χ0) is 21.6. The molecule has 0 aromatic heterocycles. The van der Waals surface area contributed by atoms with Gasteiger partial charge >= 0.3 is 5.97 Å². The van der Waals surface area contributed by atoms with E-state index in [0.29, 0.717) is 10.7 Å². The number of rotatable bonds is 3. The fourth-order valence-electron chi connectivity index (χ4n) is 4.33. The molecule has 0 fully saturated rings. The first-order chi connectivity index (χ1) is 15.1. The molecule has 0 N–H and O–H groups in total. The Morgan fingerprint density at radius 1 is 1.03 bits per heavy atom. The lowest BCUT2D eigenvalue weighted by Gasteiger charge is -2.38. The second-order valence-corrected chi connectivity index (χ2v) is 7.56. The Morgan fingerprint density at radius 3 is 2.16 bits per heavy atom. The number of ether oxygens (including phenoxy) is 1. The lowest BCUT2D eigenvalue weighted by Crippen LogP contribution is -2.49. The molecule has 0 bridgehead atoms. The smallest absolute Gasteiger partial charge is 0.376 e. The first-order valence-corrected chi connectivity index (χ1v) is 10.2. The molecule has 0 saturated carbocycles. The van der Waals surface area contributed by atoms with Gasteiger partial charge in [-0.15, -0.1) is 0 Å². The summed E-state index contributed by atoms with van der Waals surface area (Å²) < 4.78 is 5.23. The molecule has 3 aromatic rings. The van der Waals surface area contributed by atoms with Crippen LogP contribution in [0.25, 0.3) is 11.1 Å². The topological polar surface area (TPSA) is 68.9 Å². The summed E-state index contributed by atoms with van der Waals surface area (Å²) in [4.78, 5) is 17.7. The molecule has 5 rings (SSSR count). The third-order valence-corrected chi connectivity index (χ3v) is 5.75. The second-order valence-electron chi connectivity index (χ2n) is 7.12. The SMILES string of the molecule is CCOC(=O)C1=NC2(c3ccccc3-c3ccccc32)N(c2ccc(Cl)cc2)N1C#N. The first kappa shape index (κ1) is 19.2. The molecule has 1 spiro atoms. The first-order valence-electron chi connectivity index (χ1n) is 9.83. The number of carbonyl (C=O) groups excluding carboxylic acids is 1. The molecule has 152 valence electrons. The quantitative estimate of drug-likeness (QED) is 0.446. The zero-order valence-corrected chi connectivity index (χ0v) is 17.4. The normalized spacial score (nSPS) is 15.3. The zero-order valence-electron chi connectivity index (χ0n) is 16.6. The molecule has 1 aliphatic carbocycles. The number of nitriles is 1. The molecule has 0 unspecified atom stereocenters. The lowest BCUT2D eigenvalue weighted by molar-refractivity contribution is -0.135. The maximum absolute atomic E-state index is 12.8. The van der Waals surface area contributed by atoms with Gasteiger partial charge in [0.25, 0.3) is 0 Å². The van der Waals surface area contributed by atoms with E-state index in [9.17, 15) is 10.1 Å². The molecular weight excluding hydrogens is 412 g/mol. The van der Waals surface area contributed by atoms with Gasteiger partial charge in [0.05, 0.1) is 12.3 Å². The van der Waals surface area contributed by atoms with Gasteiger partial charge in [0.1, 0.15) is 0 Å². The van der Waals surface area contributed by atoms with Crippen LogP contribution in [0.3, 0.4) is 0 Å². The molecule has 1 aliphatic heterocycles. The van der Waals surface area contributed by atoms with Crippen molar-refractivity contribution in [3.63, 3.8) is 0 Å². The van der Waals surface area contributed by atoms with E-state index < -0.39 is 11.6 Å². The predicted molar refractivity (Wildman–Crippen MR) is 118 cm³/mol. The number of aliphatic imine (C=N–C) groups is 1. The molecular formula is C24H17ClN4O2. The van der Waals surface area contributed by atoms with E-state index >= 15 is 0 Å². The van der Waals surface area contributed by atoms with Crippen LogP contribution in [-0.2, 0) is 15.2 Å². The van der Waals surface area contributed by atoms with E-state index in [4.69, 9.17) is 21.3 Å². The summed E-state index contributed by atoms with van der Waals surface area (Å²) >= 11 is 6.12. The highest BCUT2D eigenvalue weighted by Gasteiger charge is 2.56. The van der Waals surface area contributed by atoms with Gasteiger partial charge in [-0.05, 0) is 42.3 Å². The van der Waals surface area contributed by atoms with Gasteiger partial charge in [-0.3, -0.25) is 0 Å². The largest absolute Gasteiger partial charge is 0.460 e. The summed E-state index contributed by atoms with van der Waals surface area (Å²) in [5.41, 5.74) is 3.31. The average molecular weight is 429 g/mol. The third-order valence-electron chi connectivity index (χ3n) is 5.49. The molecule has 2 aliphatic rings. The van der Waals surface area contributed by atoms with Crippen LogP contribution in [0.15, 0.2) is 77.8 Å². The van der Waals surface area contributed by atoms with Crippen LogP contribution in [0.4, 0.5) is 5.69 Å². The van der Waals surface area contributed by atoms with Crippen molar-refractivity contribution in [2.24, 2.45) is 4.99 Å². The number of anilines is 1. The van der Waals surface area contributed by atoms with E-state index in [-0.39, 0.29) is 12.4 Å². The van der Waals surface area contributed by atoms with Crippen molar-refractivity contribution >= 4 is 29.1 Å². The van der Waals surface area contributed by atoms with Crippen LogP contribution in [0.5, 0.6) is 0 Å². The number of benzene rings is 3. The Morgan fingerprint density at radius 2 is 1.61 bits per heavy atom. The van der Waals surface area contributed by atoms with E-state index in [0.717, 1.165) is 22.3 Å². The molecule has 0 radical (unpaired) electrons. The van der Waals surface area contributed by atoms with Gasteiger partial charge < -0.3 is 4.74 Å². The third kappa shape index (κ3) is 2.64. The molecule has 0 atom stereocenters. The number of halogens is 1. The van der Waals surface area contributed by atoms with Crippen LogP contribution >= 0.6 is 11.6 Å². The van der Waals surface area contributed by atoms with Gasteiger partial charge in [-0.2, -0.15) is 10.3 Å². The van der Waals surface area contributed by atoms with Crippen LogP contribution in [-0.4, -0.2) is 23.4 Å². The highest BCUT2D eigenvalue weighted by atomic mass is 35.5. The summed E-state index contributed by atoms with van der Waals surface area (Å²) in [6, 6.07) is 22.9. The molecule has 7 heteroatoms. The number of esters is 1. The van der Waals surface area contributed by atoms with Gasteiger partial charge in [-0.1, -0.05) is 60.1 Å². The van der Waals surface area contributed by atoms with Gasteiger partial charge in [0.15, 0.2) is 0 Å². The number of hydrazine groups is 1. The summed E-state index contributed by atoms with van der Waals surface area (Å²) in [5, 5.41) is 13.6. The van der Waals surface area contributed by atoms with Crippen molar-refractivity contribution in [3.05, 3.63) is 88.9 Å². The van der Waals surface area contributed by atoms with Gasteiger partial charge in [0, 0.05) is 16.1 Å². The minimum atomic E-state index is -1.13. The van der Waals surface area contributed by atoms with Crippen molar-refractivity contribution in [1.82, 2.24) is 5.01 Å². The maximum Gasteiger partial charge on any atom is 0.376 e. The summed E-state index contributed by atoms with van der Waals surface area (Å²) in [6.07, 6.45) is 2.12. The van der Waals surface area contributed by atoms with Gasteiger partial charge in [-0.25, -0.2) is 14.8 Å². The van der Waals surface area contributed by atoms with E-state index in [2.05, 4.69) is 6.19 Å². The van der Waals surface area contributed by atoms with Crippen LogP contribution in [0, 0.1) is 11.5 Å².